The first-order chi connectivity index (χ1) is 29.3. The van der Waals surface area contributed by atoms with Crippen LogP contribution < -0.4 is 37.5 Å². The van der Waals surface area contributed by atoms with Crippen LogP contribution in [0.15, 0.2) is 97.2 Å². The molecule has 14 nitrogen and oxygen atoms in total. The van der Waals surface area contributed by atoms with Crippen molar-refractivity contribution in [2.24, 2.45) is 11.5 Å². The summed E-state index contributed by atoms with van der Waals surface area (Å²) in [5.74, 6) is -1.93. The molecular formula is C48H61N7O7. The molecule has 1 aromatic heterocycles. The number of aromatic nitrogens is 1. The molecule has 0 bridgehead atoms. The number of nitrogens with one attached hydrogen (secondary N) is 5. The van der Waals surface area contributed by atoms with E-state index in [1.165, 1.54) is 0 Å². The standard InChI is InChI=1S/C48H61N7O7/c1-47(2,3)61-34-23-21-30(22-24-34)26-41(55-43(57)37(49)27-32-16-13-15-31-14-7-8-17-35(31)32)45(59)53-39(20-11-12-25-51-46(60)62-48(4,5)6)44(58)54-40(42(50)56)28-33-29-52-38-19-10-9-18-36(33)38/h7-10,13-19,21-24,29,37,39-41,52H,11-12,20,25-28,49H2,1-6H3,(H2,50,56)(H,51,60)(H,53,59)(H,54,58)(H,55,57)/t37-,39-,40-,41-/m0/s1. The van der Waals surface area contributed by atoms with Gasteiger partial charge in [-0.2, -0.15) is 0 Å². The molecule has 0 spiro atoms. The predicted molar refractivity (Wildman–Crippen MR) is 241 cm³/mol. The molecule has 1 heterocycles. The number of H-pyrrole nitrogens is 1. The molecule has 5 aromatic rings. The Kier molecular flexibility index (Phi) is 15.7. The van der Waals surface area contributed by atoms with Gasteiger partial charge in [0.25, 0.3) is 0 Å². The molecule has 62 heavy (non-hydrogen) atoms. The number of hydrogen-bond acceptors (Lipinski definition) is 8. The molecule has 5 rings (SSSR count). The number of hydrogen-bond donors (Lipinski definition) is 7. The number of rotatable bonds is 19. The van der Waals surface area contributed by atoms with Gasteiger partial charge in [0.1, 0.15) is 35.1 Å². The van der Waals surface area contributed by atoms with E-state index in [1.54, 1.807) is 39.1 Å². The van der Waals surface area contributed by atoms with Crippen molar-refractivity contribution in [1.82, 2.24) is 26.3 Å². The van der Waals surface area contributed by atoms with Crippen molar-refractivity contribution in [3.8, 4) is 5.75 Å². The van der Waals surface area contributed by atoms with Crippen LogP contribution in [0.1, 0.15) is 77.5 Å². The quantitative estimate of drug-likeness (QED) is 0.0526. The summed E-state index contributed by atoms with van der Waals surface area (Å²) >= 11 is 0. The molecule has 0 radical (unpaired) electrons. The summed E-state index contributed by atoms with van der Waals surface area (Å²) in [5, 5.41) is 14.1. The molecule has 0 fully saturated rings. The Balaban J connectivity index is 1.36. The number of benzene rings is 4. The maximum absolute atomic E-state index is 14.4. The Hall–Kier alpha value is -6.41. The minimum atomic E-state index is -1.15. The molecule has 0 aliphatic carbocycles. The van der Waals surface area contributed by atoms with Gasteiger partial charge in [-0.25, -0.2) is 4.79 Å². The number of alkyl carbamates (subject to hydrolysis) is 1. The van der Waals surface area contributed by atoms with Gasteiger partial charge >= 0.3 is 6.09 Å². The van der Waals surface area contributed by atoms with E-state index in [9.17, 15) is 24.0 Å². The van der Waals surface area contributed by atoms with Crippen LogP contribution in [0.5, 0.6) is 5.75 Å². The number of para-hydroxylation sites is 1. The van der Waals surface area contributed by atoms with E-state index in [0.717, 1.165) is 38.4 Å². The number of ether oxygens (including phenoxy) is 2. The normalized spacial score (nSPS) is 13.7. The van der Waals surface area contributed by atoms with Gasteiger partial charge in [0, 0.05) is 36.5 Å². The largest absolute Gasteiger partial charge is 0.488 e. The summed E-state index contributed by atoms with van der Waals surface area (Å²) in [7, 11) is 0. The topological polar surface area (TPSA) is 220 Å². The van der Waals surface area contributed by atoms with E-state index in [2.05, 4.69) is 26.3 Å². The molecule has 14 heteroatoms. The first-order valence-electron chi connectivity index (χ1n) is 21.1. The smallest absolute Gasteiger partial charge is 0.407 e. The molecule has 9 N–H and O–H groups in total. The molecule has 4 aromatic carbocycles. The zero-order valence-electron chi connectivity index (χ0n) is 36.5. The van der Waals surface area contributed by atoms with Crippen LogP contribution >= 0.6 is 0 Å². The molecule has 4 atom stereocenters. The number of carbonyl (C=O) groups excluding carboxylic acids is 5. The summed E-state index contributed by atoms with van der Waals surface area (Å²) in [6, 6.07) is 24.0. The molecule has 0 aliphatic heterocycles. The SMILES string of the molecule is CC(C)(C)OC(=O)NCCCC[C@H](NC(=O)[C@H](Cc1ccc(OC(C)(C)C)cc1)NC(=O)[C@@H](N)Cc1cccc2ccccc12)C(=O)N[C@@H](Cc1c[nH]c2ccccc12)C(N)=O. The van der Waals surface area contributed by atoms with Gasteiger partial charge in [0.05, 0.1) is 6.04 Å². The molecular weight excluding hydrogens is 787 g/mol. The Morgan fingerprint density at radius 1 is 0.645 bits per heavy atom. The first kappa shape index (κ1) is 46.7. The fourth-order valence-corrected chi connectivity index (χ4v) is 7.11. The van der Waals surface area contributed by atoms with Crippen LogP contribution in [-0.4, -0.2) is 76.6 Å². The molecule has 330 valence electrons. The number of unbranched alkanes of at least 4 members (excludes halogenated alkanes) is 1. The van der Waals surface area contributed by atoms with Crippen LogP contribution in [0, 0.1) is 0 Å². The molecule has 0 unspecified atom stereocenters. The zero-order valence-corrected chi connectivity index (χ0v) is 36.5. The second kappa shape index (κ2) is 20.9. The third kappa shape index (κ3) is 14.1. The average molecular weight is 848 g/mol. The fourth-order valence-electron chi connectivity index (χ4n) is 7.11. The second-order valence-electron chi connectivity index (χ2n) is 17.6. The van der Waals surface area contributed by atoms with Crippen molar-refractivity contribution in [2.45, 2.75) is 115 Å². The van der Waals surface area contributed by atoms with Gasteiger partial charge in [-0.3, -0.25) is 19.2 Å². The van der Waals surface area contributed by atoms with Crippen LogP contribution in [-0.2, 0) is 43.2 Å². The van der Waals surface area contributed by atoms with Crippen molar-refractivity contribution in [3.05, 3.63) is 114 Å². The van der Waals surface area contributed by atoms with E-state index >= 15 is 0 Å². The highest BCUT2D eigenvalue weighted by Gasteiger charge is 2.31. The van der Waals surface area contributed by atoms with E-state index in [0.29, 0.717) is 18.6 Å². The summed E-state index contributed by atoms with van der Waals surface area (Å²) < 4.78 is 11.3. The van der Waals surface area contributed by atoms with Crippen LogP contribution in [0.4, 0.5) is 4.79 Å². The van der Waals surface area contributed by atoms with E-state index < -0.39 is 65.1 Å². The second-order valence-corrected chi connectivity index (χ2v) is 17.6. The maximum Gasteiger partial charge on any atom is 0.407 e. The van der Waals surface area contributed by atoms with E-state index in [4.69, 9.17) is 20.9 Å². The summed E-state index contributed by atoms with van der Waals surface area (Å²) in [6.45, 7) is 11.4. The van der Waals surface area contributed by atoms with Crippen molar-refractivity contribution in [3.63, 3.8) is 0 Å². The highest BCUT2D eigenvalue weighted by Crippen LogP contribution is 2.22. The lowest BCUT2D eigenvalue weighted by Gasteiger charge is -2.26. The number of carbonyl (C=O) groups is 5. The van der Waals surface area contributed by atoms with Crippen molar-refractivity contribution in [1.29, 1.82) is 0 Å². The van der Waals surface area contributed by atoms with Gasteiger partial charge in [0.2, 0.25) is 23.6 Å². The fraction of sp³-hybridized carbons (Fsp3) is 0.396. The van der Waals surface area contributed by atoms with E-state index in [-0.39, 0.29) is 32.2 Å². The highest BCUT2D eigenvalue weighted by atomic mass is 16.6. The van der Waals surface area contributed by atoms with Crippen LogP contribution in [0.2, 0.25) is 0 Å². The predicted octanol–water partition coefficient (Wildman–Crippen LogP) is 5.49. The van der Waals surface area contributed by atoms with Gasteiger partial charge in [-0.15, -0.1) is 0 Å². The number of primary amides is 1. The monoisotopic (exact) mass is 847 g/mol. The lowest BCUT2D eigenvalue weighted by Crippen LogP contribution is -2.58. The van der Waals surface area contributed by atoms with Gasteiger partial charge in [0.15, 0.2) is 0 Å². The van der Waals surface area contributed by atoms with E-state index in [1.807, 2.05) is 99.6 Å². The van der Waals surface area contributed by atoms with Crippen molar-refractivity contribution in [2.75, 3.05) is 6.54 Å². The molecule has 0 saturated heterocycles. The average Bonchev–Trinajstić information content (AvgIpc) is 3.61. The Morgan fingerprint density at radius 3 is 1.97 bits per heavy atom. The van der Waals surface area contributed by atoms with Crippen molar-refractivity contribution < 1.29 is 33.4 Å². The van der Waals surface area contributed by atoms with Crippen LogP contribution in [0.3, 0.4) is 0 Å². The zero-order chi connectivity index (χ0) is 45.0. The lowest BCUT2D eigenvalue weighted by molar-refractivity contribution is -0.133. The molecule has 5 amide bonds. The molecule has 0 saturated carbocycles. The lowest BCUT2D eigenvalue weighted by atomic mass is 9.98. The van der Waals surface area contributed by atoms with Crippen LogP contribution in [0.25, 0.3) is 21.7 Å². The third-order valence-corrected chi connectivity index (χ3v) is 10.1. The summed E-state index contributed by atoms with van der Waals surface area (Å²) in [5.41, 5.74) is 14.5. The Bertz CT molecular complexity index is 2320. The summed E-state index contributed by atoms with van der Waals surface area (Å²) in [4.78, 5) is 70.6. The van der Waals surface area contributed by atoms with Gasteiger partial charge in [-0.05, 0) is 113 Å². The summed E-state index contributed by atoms with van der Waals surface area (Å²) in [6.07, 6.45) is 2.54. The first-order valence-corrected chi connectivity index (χ1v) is 21.1. The number of nitrogens with two attached hydrogens (primary N) is 2. The number of aromatic amines is 1. The van der Waals surface area contributed by atoms with Crippen molar-refractivity contribution >= 4 is 51.4 Å². The Morgan fingerprint density at radius 2 is 1.27 bits per heavy atom. The minimum absolute atomic E-state index is 0.0625. The number of amides is 5. The Labute approximate surface area is 363 Å². The van der Waals surface area contributed by atoms with Gasteiger partial charge in [-0.1, -0.05) is 72.8 Å². The molecule has 0 aliphatic rings. The maximum atomic E-state index is 14.4. The van der Waals surface area contributed by atoms with Gasteiger partial charge < -0.3 is 47.2 Å². The number of fused-ring (bicyclic) bond motifs is 2. The highest BCUT2D eigenvalue weighted by molar-refractivity contribution is 5.95. The third-order valence-electron chi connectivity index (χ3n) is 10.1. The minimum Gasteiger partial charge on any atom is -0.488 e.